The Kier molecular flexibility index (Phi) is 7.80. The topological polar surface area (TPSA) is 79.8 Å². The van der Waals surface area contributed by atoms with Gasteiger partial charge >= 0.3 is 6.09 Å². The van der Waals surface area contributed by atoms with Gasteiger partial charge in [0, 0.05) is 24.8 Å². The Labute approximate surface area is 197 Å². The van der Waals surface area contributed by atoms with Crippen LogP contribution in [0.25, 0.3) is 0 Å². The van der Waals surface area contributed by atoms with E-state index in [0.29, 0.717) is 25.3 Å². The molecule has 1 aromatic carbocycles. The van der Waals surface area contributed by atoms with Crippen molar-refractivity contribution in [1.82, 2.24) is 9.29 Å². The molecule has 0 bridgehead atoms. The van der Waals surface area contributed by atoms with Crippen LogP contribution >= 0.6 is 0 Å². The zero-order valence-electron chi connectivity index (χ0n) is 20.2. The standard InChI is InChI=1S/C25H35N3O4S/c1-6-7-17-27(24(29)32-25(3,4)5)23-21(10-8-16-26-23)22-11-9-18-28(22)33(30,31)20-14-12-19(2)13-15-20/h8,10,12-16,22H,6-7,9,11,17-18H2,1-5H3/t22-/m0/s1. The predicted octanol–water partition coefficient (Wildman–Crippen LogP) is 5.46. The largest absolute Gasteiger partial charge is 0.443 e. The number of hydrogen-bond acceptors (Lipinski definition) is 5. The lowest BCUT2D eigenvalue weighted by atomic mass is 10.1. The van der Waals surface area contributed by atoms with E-state index in [4.69, 9.17) is 4.74 Å². The Morgan fingerprint density at radius 2 is 1.91 bits per heavy atom. The number of aryl methyl sites for hydroxylation is 1. The van der Waals surface area contributed by atoms with Crippen LogP contribution in [0.4, 0.5) is 10.6 Å². The normalized spacial score (nSPS) is 17.2. The maximum atomic E-state index is 13.5. The van der Waals surface area contributed by atoms with E-state index >= 15 is 0 Å². The van der Waals surface area contributed by atoms with E-state index in [1.807, 2.05) is 45.9 Å². The molecule has 7 nitrogen and oxygen atoms in total. The Balaban J connectivity index is 2.00. The molecular formula is C25H35N3O4S. The number of anilines is 1. The van der Waals surface area contributed by atoms with E-state index in [1.54, 1.807) is 33.6 Å². The van der Waals surface area contributed by atoms with Crippen molar-refractivity contribution in [1.29, 1.82) is 0 Å². The number of rotatable bonds is 7. The smallest absolute Gasteiger partial charge is 0.416 e. The Morgan fingerprint density at radius 1 is 1.21 bits per heavy atom. The fourth-order valence-corrected chi connectivity index (χ4v) is 5.67. The molecule has 3 rings (SSSR count). The third kappa shape index (κ3) is 5.92. The zero-order valence-corrected chi connectivity index (χ0v) is 21.1. The molecule has 180 valence electrons. The third-order valence-electron chi connectivity index (χ3n) is 5.61. The van der Waals surface area contributed by atoms with Gasteiger partial charge in [0.15, 0.2) is 0 Å². The van der Waals surface area contributed by atoms with E-state index in [-0.39, 0.29) is 4.90 Å². The SMILES string of the molecule is CCCCN(C(=O)OC(C)(C)C)c1ncccc1[C@@H]1CCCN1S(=O)(=O)c1ccc(C)cc1. The molecule has 1 amide bonds. The molecule has 0 unspecified atom stereocenters. The van der Waals surface area contributed by atoms with Gasteiger partial charge < -0.3 is 4.74 Å². The summed E-state index contributed by atoms with van der Waals surface area (Å²) in [5, 5.41) is 0. The number of pyridine rings is 1. The highest BCUT2D eigenvalue weighted by atomic mass is 32.2. The summed E-state index contributed by atoms with van der Waals surface area (Å²) in [5.74, 6) is 0.469. The van der Waals surface area contributed by atoms with E-state index in [1.165, 1.54) is 0 Å². The quantitative estimate of drug-likeness (QED) is 0.534. The van der Waals surface area contributed by atoms with Crippen LogP contribution in [0.5, 0.6) is 0 Å². The van der Waals surface area contributed by atoms with Gasteiger partial charge in [-0.15, -0.1) is 0 Å². The minimum atomic E-state index is -3.69. The molecule has 1 aliphatic rings. The fraction of sp³-hybridized carbons (Fsp3) is 0.520. The molecule has 2 heterocycles. The Morgan fingerprint density at radius 3 is 2.55 bits per heavy atom. The monoisotopic (exact) mass is 473 g/mol. The molecular weight excluding hydrogens is 438 g/mol. The molecule has 1 saturated heterocycles. The number of benzene rings is 1. The van der Waals surface area contributed by atoms with E-state index in [2.05, 4.69) is 11.9 Å². The molecule has 0 aliphatic carbocycles. The van der Waals surface area contributed by atoms with E-state index < -0.39 is 27.8 Å². The second kappa shape index (κ2) is 10.2. The Hall–Kier alpha value is -2.45. The lowest BCUT2D eigenvalue weighted by Gasteiger charge is -2.31. The molecule has 2 aromatic rings. The summed E-state index contributed by atoms with van der Waals surface area (Å²) in [6, 6.07) is 10.2. The summed E-state index contributed by atoms with van der Waals surface area (Å²) < 4.78 is 34.2. The molecule has 0 saturated carbocycles. The molecule has 0 N–H and O–H groups in total. The summed E-state index contributed by atoms with van der Waals surface area (Å²) >= 11 is 0. The van der Waals surface area contributed by atoms with Gasteiger partial charge in [-0.3, -0.25) is 4.90 Å². The van der Waals surface area contributed by atoms with Crippen LogP contribution in [0.2, 0.25) is 0 Å². The molecule has 1 aromatic heterocycles. The second-order valence-corrected chi connectivity index (χ2v) is 11.4. The van der Waals surface area contributed by atoms with Crippen LogP contribution in [0.15, 0.2) is 47.5 Å². The van der Waals surface area contributed by atoms with Crippen molar-refractivity contribution in [3.63, 3.8) is 0 Å². The maximum Gasteiger partial charge on any atom is 0.416 e. The summed E-state index contributed by atoms with van der Waals surface area (Å²) in [6.45, 7) is 10.3. The average molecular weight is 474 g/mol. The van der Waals surface area contributed by atoms with Crippen LogP contribution in [-0.4, -0.2) is 42.5 Å². The van der Waals surface area contributed by atoms with Crippen LogP contribution < -0.4 is 4.90 Å². The molecule has 0 spiro atoms. The van der Waals surface area contributed by atoms with Crippen molar-refractivity contribution in [2.75, 3.05) is 18.0 Å². The van der Waals surface area contributed by atoms with Gasteiger partial charge in [0.05, 0.1) is 10.9 Å². The van der Waals surface area contributed by atoms with Crippen molar-refractivity contribution >= 4 is 21.9 Å². The van der Waals surface area contributed by atoms with Gasteiger partial charge in [-0.25, -0.2) is 18.2 Å². The molecule has 1 atom stereocenters. The Bertz CT molecular complexity index is 1060. The average Bonchev–Trinajstić information content (AvgIpc) is 3.24. The van der Waals surface area contributed by atoms with Crippen LogP contribution in [0.3, 0.4) is 0 Å². The predicted molar refractivity (Wildman–Crippen MR) is 130 cm³/mol. The highest BCUT2D eigenvalue weighted by Gasteiger charge is 2.39. The first-order chi connectivity index (χ1) is 15.5. The maximum absolute atomic E-state index is 13.5. The van der Waals surface area contributed by atoms with Crippen LogP contribution in [-0.2, 0) is 14.8 Å². The number of ether oxygens (including phenoxy) is 1. The first kappa shape index (κ1) is 25.2. The lowest BCUT2D eigenvalue weighted by Crippen LogP contribution is -2.39. The number of aromatic nitrogens is 1. The second-order valence-electron chi connectivity index (χ2n) is 9.49. The third-order valence-corrected chi connectivity index (χ3v) is 7.53. The van der Waals surface area contributed by atoms with Gasteiger partial charge in [-0.2, -0.15) is 4.31 Å². The van der Waals surface area contributed by atoms with Gasteiger partial charge in [0.2, 0.25) is 10.0 Å². The van der Waals surface area contributed by atoms with Crippen molar-refractivity contribution in [3.8, 4) is 0 Å². The van der Waals surface area contributed by atoms with Crippen LogP contribution in [0.1, 0.15) is 70.5 Å². The zero-order chi connectivity index (χ0) is 24.2. The highest BCUT2D eigenvalue weighted by molar-refractivity contribution is 7.89. The number of nitrogens with zero attached hydrogens (tertiary/aromatic N) is 3. The minimum Gasteiger partial charge on any atom is -0.443 e. The summed E-state index contributed by atoms with van der Waals surface area (Å²) in [6.07, 6.45) is 4.26. The summed E-state index contributed by atoms with van der Waals surface area (Å²) in [5.41, 5.74) is 1.09. The van der Waals surface area contributed by atoms with Crippen molar-refractivity contribution in [2.24, 2.45) is 0 Å². The number of unbranched alkanes of at least 4 members (excludes halogenated alkanes) is 1. The molecule has 1 aliphatic heterocycles. The van der Waals surface area contributed by atoms with Crippen molar-refractivity contribution in [2.45, 2.75) is 76.8 Å². The molecule has 0 radical (unpaired) electrons. The number of carbonyl (C=O) groups is 1. The van der Waals surface area contributed by atoms with Crippen molar-refractivity contribution in [3.05, 3.63) is 53.7 Å². The number of carbonyl (C=O) groups excluding carboxylic acids is 1. The summed E-state index contributed by atoms with van der Waals surface area (Å²) in [7, 11) is -3.69. The lowest BCUT2D eigenvalue weighted by molar-refractivity contribution is 0.0578. The highest BCUT2D eigenvalue weighted by Crippen LogP contribution is 2.40. The van der Waals surface area contributed by atoms with Gasteiger partial charge in [-0.1, -0.05) is 37.1 Å². The van der Waals surface area contributed by atoms with E-state index in [9.17, 15) is 13.2 Å². The summed E-state index contributed by atoms with van der Waals surface area (Å²) in [4.78, 5) is 19.5. The van der Waals surface area contributed by atoms with Crippen molar-refractivity contribution < 1.29 is 17.9 Å². The number of hydrogen-bond donors (Lipinski definition) is 0. The first-order valence-electron chi connectivity index (χ1n) is 11.6. The first-order valence-corrected chi connectivity index (χ1v) is 13.0. The van der Waals surface area contributed by atoms with Gasteiger partial charge in [-0.05, 0) is 65.2 Å². The minimum absolute atomic E-state index is 0.278. The molecule has 8 heteroatoms. The number of amides is 1. The van der Waals surface area contributed by atoms with Gasteiger partial charge in [0.1, 0.15) is 11.4 Å². The fourth-order valence-electron chi connectivity index (χ4n) is 4.00. The van der Waals surface area contributed by atoms with E-state index in [0.717, 1.165) is 30.4 Å². The van der Waals surface area contributed by atoms with Crippen LogP contribution in [0, 0.1) is 6.92 Å². The number of sulfonamides is 1. The van der Waals surface area contributed by atoms with Gasteiger partial charge in [0.25, 0.3) is 0 Å². The molecule has 33 heavy (non-hydrogen) atoms. The molecule has 1 fully saturated rings.